The van der Waals surface area contributed by atoms with Crippen molar-refractivity contribution in [2.75, 3.05) is 44.2 Å². The highest BCUT2D eigenvalue weighted by Crippen LogP contribution is 2.18. The summed E-state index contributed by atoms with van der Waals surface area (Å²) < 4.78 is 0. The molecule has 1 saturated heterocycles. The van der Waals surface area contributed by atoms with Gasteiger partial charge in [-0.25, -0.2) is 4.98 Å². The topological polar surface area (TPSA) is 107 Å². The molecule has 27 heavy (non-hydrogen) atoms. The van der Waals surface area contributed by atoms with Crippen LogP contribution < -0.4 is 16.0 Å². The number of rotatable bonds is 5. The molecular weight excluding hydrogens is 479 g/mol. The molecule has 2 aromatic rings. The molecule has 0 aliphatic carbocycles. The van der Waals surface area contributed by atoms with Crippen molar-refractivity contribution >= 4 is 52.3 Å². The molecule has 1 aliphatic rings. The Kier molecular flexibility index (Phi) is 8.10. The molecule has 4 N–H and O–H groups in total. The number of para-hydroxylation sites is 1. The van der Waals surface area contributed by atoms with Crippen molar-refractivity contribution in [3.05, 3.63) is 41.4 Å². The standard InChI is InChI=1S/C17H22N6O2S.HI/c18-16(22-8-10-23(11-9-22)17-21-7-12-26-17)20-6-5-19-15(25)13-3-1-2-4-14(13)24;/h1-4,7,12,24H,5-6,8-11H2,(H2,18,20)(H,19,25);1H. The second-order valence-corrected chi connectivity index (χ2v) is 6.67. The third-order valence-electron chi connectivity index (χ3n) is 4.11. The highest BCUT2D eigenvalue weighted by Gasteiger charge is 2.19. The van der Waals surface area contributed by atoms with Crippen LogP contribution in [0.3, 0.4) is 0 Å². The predicted molar refractivity (Wildman–Crippen MR) is 118 cm³/mol. The van der Waals surface area contributed by atoms with E-state index in [1.807, 2.05) is 16.5 Å². The molecule has 0 radical (unpaired) electrons. The summed E-state index contributed by atoms with van der Waals surface area (Å²) >= 11 is 1.63. The molecule has 2 heterocycles. The molecule has 0 bridgehead atoms. The molecule has 8 nitrogen and oxygen atoms in total. The molecule has 0 saturated carbocycles. The third-order valence-corrected chi connectivity index (χ3v) is 4.95. The van der Waals surface area contributed by atoms with E-state index in [9.17, 15) is 9.90 Å². The average molecular weight is 502 g/mol. The number of carbonyl (C=O) groups excluding carboxylic acids is 1. The molecule has 0 atom stereocenters. The maximum Gasteiger partial charge on any atom is 0.255 e. The first-order valence-electron chi connectivity index (χ1n) is 8.40. The van der Waals surface area contributed by atoms with Gasteiger partial charge in [0.15, 0.2) is 11.1 Å². The highest BCUT2D eigenvalue weighted by molar-refractivity contribution is 14.0. The lowest BCUT2D eigenvalue weighted by Gasteiger charge is -2.35. The fourth-order valence-electron chi connectivity index (χ4n) is 2.70. The number of aromatic hydroxyl groups is 1. The Hall–Kier alpha value is -2.08. The lowest BCUT2D eigenvalue weighted by atomic mass is 10.2. The number of guanidine groups is 1. The van der Waals surface area contributed by atoms with Gasteiger partial charge in [0.2, 0.25) is 0 Å². The summed E-state index contributed by atoms with van der Waals surface area (Å²) in [6, 6.07) is 6.43. The number of nitrogens with one attached hydrogen (secondary N) is 1. The number of phenolic OH excluding ortho intramolecular Hbond substituents is 1. The van der Waals surface area contributed by atoms with Gasteiger partial charge in [0.05, 0.1) is 12.1 Å². The van der Waals surface area contributed by atoms with Gasteiger partial charge in [0, 0.05) is 44.3 Å². The molecule has 1 amide bonds. The molecule has 1 aromatic carbocycles. The van der Waals surface area contributed by atoms with E-state index < -0.39 is 0 Å². The number of benzene rings is 1. The summed E-state index contributed by atoms with van der Waals surface area (Å²) in [6.07, 6.45) is 1.81. The monoisotopic (exact) mass is 502 g/mol. The largest absolute Gasteiger partial charge is 0.507 e. The molecule has 3 rings (SSSR count). The maximum atomic E-state index is 12.0. The fraction of sp³-hybridized carbons (Fsp3) is 0.353. The van der Waals surface area contributed by atoms with Gasteiger partial charge in [-0.15, -0.1) is 35.3 Å². The van der Waals surface area contributed by atoms with E-state index in [1.165, 1.54) is 6.07 Å². The van der Waals surface area contributed by atoms with Crippen LogP contribution in [0.25, 0.3) is 0 Å². The lowest BCUT2D eigenvalue weighted by Crippen LogP contribution is -2.51. The summed E-state index contributed by atoms with van der Waals surface area (Å²) in [5.74, 6) is 0.126. The van der Waals surface area contributed by atoms with Gasteiger partial charge in [0.25, 0.3) is 5.91 Å². The first-order chi connectivity index (χ1) is 12.6. The van der Waals surface area contributed by atoms with Crippen molar-refractivity contribution in [2.45, 2.75) is 0 Å². The van der Waals surface area contributed by atoms with E-state index in [4.69, 9.17) is 5.73 Å². The van der Waals surface area contributed by atoms with Crippen LogP contribution in [0.15, 0.2) is 40.8 Å². The van der Waals surface area contributed by atoms with E-state index in [0.29, 0.717) is 19.0 Å². The number of phenols is 1. The van der Waals surface area contributed by atoms with Crippen molar-refractivity contribution in [2.24, 2.45) is 10.7 Å². The van der Waals surface area contributed by atoms with E-state index in [1.54, 1.807) is 29.5 Å². The highest BCUT2D eigenvalue weighted by atomic mass is 127. The van der Waals surface area contributed by atoms with Gasteiger partial charge in [-0.2, -0.15) is 0 Å². The number of piperazine rings is 1. The minimum Gasteiger partial charge on any atom is -0.507 e. The van der Waals surface area contributed by atoms with Crippen LogP contribution in [0, 0.1) is 0 Å². The molecule has 1 fully saturated rings. The Labute approximate surface area is 179 Å². The SMILES string of the molecule is I.NC(=NCCNC(=O)c1ccccc1O)N1CCN(c2nccs2)CC1. The smallest absolute Gasteiger partial charge is 0.255 e. The molecule has 0 unspecified atom stereocenters. The zero-order chi connectivity index (χ0) is 18.4. The van der Waals surface area contributed by atoms with Crippen LogP contribution in [0.5, 0.6) is 5.75 Å². The lowest BCUT2D eigenvalue weighted by molar-refractivity contribution is 0.0952. The molecule has 0 spiro atoms. The van der Waals surface area contributed by atoms with Gasteiger partial charge in [-0.3, -0.25) is 9.79 Å². The van der Waals surface area contributed by atoms with E-state index in [-0.39, 0.29) is 41.2 Å². The predicted octanol–water partition coefficient (Wildman–Crippen LogP) is 1.33. The Morgan fingerprint density at radius 1 is 1.30 bits per heavy atom. The zero-order valence-corrected chi connectivity index (χ0v) is 17.9. The number of thiazole rings is 1. The number of aromatic nitrogens is 1. The van der Waals surface area contributed by atoms with Gasteiger partial charge in [-0.1, -0.05) is 12.1 Å². The van der Waals surface area contributed by atoms with Crippen molar-refractivity contribution < 1.29 is 9.90 Å². The minimum absolute atomic E-state index is 0. The van der Waals surface area contributed by atoms with E-state index in [2.05, 4.69) is 20.2 Å². The average Bonchev–Trinajstić information content (AvgIpc) is 3.20. The summed E-state index contributed by atoms with van der Waals surface area (Å²) in [4.78, 5) is 24.9. The van der Waals surface area contributed by atoms with Gasteiger partial charge in [-0.05, 0) is 12.1 Å². The number of hydrogen-bond acceptors (Lipinski definition) is 6. The third kappa shape index (κ3) is 5.70. The van der Waals surface area contributed by atoms with Gasteiger partial charge in [0.1, 0.15) is 5.75 Å². The molecular formula is C17H23IN6O2S. The molecule has 10 heteroatoms. The minimum atomic E-state index is -0.325. The number of anilines is 1. The number of hydrogen-bond donors (Lipinski definition) is 3. The zero-order valence-electron chi connectivity index (χ0n) is 14.7. The quantitative estimate of drug-likeness (QED) is 0.247. The van der Waals surface area contributed by atoms with Crippen LogP contribution in [-0.2, 0) is 0 Å². The number of halogens is 1. The van der Waals surface area contributed by atoms with Crippen LogP contribution in [0.2, 0.25) is 0 Å². The molecule has 146 valence electrons. The number of carbonyl (C=O) groups is 1. The van der Waals surface area contributed by atoms with Gasteiger partial charge < -0.3 is 26.0 Å². The molecule has 1 aliphatic heterocycles. The first-order valence-corrected chi connectivity index (χ1v) is 9.28. The van der Waals surface area contributed by atoms with Crippen LogP contribution >= 0.6 is 35.3 Å². The Morgan fingerprint density at radius 3 is 2.70 bits per heavy atom. The van der Waals surface area contributed by atoms with Crippen molar-refractivity contribution in [1.29, 1.82) is 0 Å². The maximum absolute atomic E-state index is 12.0. The Morgan fingerprint density at radius 2 is 2.04 bits per heavy atom. The second kappa shape index (κ2) is 10.3. The van der Waals surface area contributed by atoms with Crippen molar-refractivity contribution in [1.82, 2.24) is 15.2 Å². The summed E-state index contributed by atoms with van der Waals surface area (Å²) in [5.41, 5.74) is 6.31. The Balaban J connectivity index is 0.00000261. The normalized spacial score (nSPS) is 14.6. The van der Waals surface area contributed by atoms with Crippen molar-refractivity contribution in [3.8, 4) is 5.75 Å². The van der Waals surface area contributed by atoms with E-state index in [0.717, 1.165) is 31.3 Å². The summed E-state index contributed by atoms with van der Waals surface area (Å²) in [6.45, 7) is 4.03. The summed E-state index contributed by atoms with van der Waals surface area (Å²) in [5, 5.41) is 15.4. The van der Waals surface area contributed by atoms with Crippen LogP contribution in [0.4, 0.5) is 5.13 Å². The van der Waals surface area contributed by atoms with Crippen molar-refractivity contribution in [3.63, 3.8) is 0 Å². The number of amides is 1. The summed E-state index contributed by atoms with van der Waals surface area (Å²) in [7, 11) is 0. The number of aliphatic imine (C=N–C) groups is 1. The van der Waals surface area contributed by atoms with Crippen LogP contribution in [0.1, 0.15) is 10.4 Å². The number of nitrogens with two attached hydrogens (primary N) is 1. The Bertz CT molecular complexity index is 763. The fourth-order valence-corrected chi connectivity index (χ4v) is 3.40. The van der Waals surface area contributed by atoms with Gasteiger partial charge >= 0.3 is 0 Å². The van der Waals surface area contributed by atoms with E-state index >= 15 is 0 Å². The first kappa shape index (κ1) is 21.2. The van der Waals surface area contributed by atoms with Crippen LogP contribution in [-0.4, -0.2) is 66.1 Å². The second-order valence-electron chi connectivity index (χ2n) is 5.80. The number of nitrogens with zero attached hydrogens (tertiary/aromatic N) is 4. The molecule has 1 aromatic heterocycles.